The van der Waals surface area contributed by atoms with Crippen LogP contribution in [0.3, 0.4) is 0 Å². The molecule has 2 nitrogen and oxygen atoms in total. The van der Waals surface area contributed by atoms with E-state index in [2.05, 4.69) is 26.1 Å². The molecule has 0 saturated carbocycles. The quantitative estimate of drug-likeness (QED) is 0.897. The van der Waals surface area contributed by atoms with Crippen LogP contribution in [0.1, 0.15) is 26.3 Å². The molecule has 1 aromatic carbocycles. The molecule has 0 aliphatic rings. The minimum atomic E-state index is 0.0944. The number of benzene rings is 1. The maximum Gasteiger partial charge on any atom is 0.230 e. The Balaban J connectivity index is 2.23. The van der Waals surface area contributed by atoms with E-state index >= 15 is 0 Å². The Bertz CT molecular complexity index is 401. The van der Waals surface area contributed by atoms with Gasteiger partial charge in [-0.05, 0) is 24.1 Å². The van der Waals surface area contributed by atoms with Gasteiger partial charge >= 0.3 is 0 Å². The van der Waals surface area contributed by atoms with Crippen molar-refractivity contribution in [2.45, 2.75) is 31.9 Å². The molecule has 0 aliphatic carbocycles. The first-order valence-corrected chi connectivity index (χ1v) is 7.38. The fourth-order valence-electron chi connectivity index (χ4n) is 1.37. The minimum Gasteiger partial charge on any atom is -0.355 e. The summed E-state index contributed by atoms with van der Waals surface area (Å²) in [6.07, 6.45) is 0.812. The van der Waals surface area contributed by atoms with Crippen LogP contribution >= 0.6 is 23.4 Å². The van der Waals surface area contributed by atoms with Gasteiger partial charge in [-0.25, -0.2) is 0 Å². The third-order valence-corrected chi connectivity index (χ3v) is 3.77. The van der Waals surface area contributed by atoms with E-state index in [-0.39, 0.29) is 10.7 Å². The van der Waals surface area contributed by atoms with E-state index in [9.17, 15) is 4.79 Å². The predicted molar refractivity (Wildman–Crippen MR) is 80.4 cm³/mol. The van der Waals surface area contributed by atoms with Gasteiger partial charge in [-0.2, -0.15) is 0 Å². The summed E-state index contributed by atoms with van der Waals surface area (Å²) in [5.74, 6) is 0.607. The van der Waals surface area contributed by atoms with Gasteiger partial charge in [-0.3, -0.25) is 4.79 Å². The molecule has 0 aliphatic heterocycles. The van der Waals surface area contributed by atoms with Gasteiger partial charge in [-0.1, -0.05) is 44.5 Å². The van der Waals surface area contributed by atoms with Crippen LogP contribution in [0.25, 0.3) is 0 Å². The lowest BCUT2D eigenvalue weighted by atomic mass is 10.1. The summed E-state index contributed by atoms with van der Waals surface area (Å²) in [7, 11) is 0. The fraction of sp³-hybridized carbons (Fsp3) is 0.500. The van der Waals surface area contributed by atoms with Gasteiger partial charge in [0.1, 0.15) is 0 Å². The summed E-state index contributed by atoms with van der Waals surface area (Å²) in [6.45, 7) is 6.98. The van der Waals surface area contributed by atoms with Crippen molar-refractivity contribution in [3.8, 4) is 0 Å². The van der Waals surface area contributed by atoms with E-state index in [4.69, 9.17) is 11.6 Å². The Morgan fingerprint density at radius 3 is 2.72 bits per heavy atom. The Morgan fingerprint density at radius 1 is 1.39 bits per heavy atom. The molecule has 1 amide bonds. The summed E-state index contributed by atoms with van der Waals surface area (Å²) in [5, 5.41) is 3.66. The van der Waals surface area contributed by atoms with Crippen LogP contribution < -0.4 is 5.32 Å². The fourth-order valence-corrected chi connectivity index (χ4v) is 2.25. The average molecular weight is 286 g/mol. The van der Waals surface area contributed by atoms with E-state index < -0.39 is 0 Å². The van der Waals surface area contributed by atoms with Crippen molar-refractivity contribution in [3.63, 3.8) is 0 Å². The van der Waals surface area contributed by atoms with Gasteiger partial charge in [0.2, 0.25) is 5.91 Å². The third kappa shape index (κ3) is 6.92. The van der Waals surface area contributed by atoms with Crippen LogP contribution in [-0.4, -0.2) is 23.0 Å². The normalized spacial score (nSPS) is 11.3. The van der Waals surface area contributed by atoms with Crippen molar-refractivity contribution in [2.75, 3.05) is 12.3 Å². The number of carbonyl (C=O) groups excluding carboxylic acids is 1. The predicted octanol–water partition coefficient (Wildman–Crippen LogP) is 3.53. The molecule has 0 spiro atoms. The molecule has 0 atom stereocenters. The molecule has 18 heavy (non-hydrogen) atoms. The monoisotopic (exact) mass is 285 g/mol. The zero-order chi connectivity index (χ0) is 13.6. The minimum absolute atomic E-state index is 0.0944. The van der Waals surface area contributed by atoms with E-state index in [1.54, 1.807) is 11.8 Å². The Hall–Kier alpha value is -0.670. The van der Waals surface area contributed by atoms with Crippen molar-refractivity contribution in [3.05, 3.63) is 34.9 Å². The van der Waals surface area contributed by atoms with Gasteiger partial charge in [0.25, 0.3) is 0 Å². The van der Waals surface area contributed by atoms with Crippen LogP contribution in [0.2, 0.25) is 5.02 Å². The molecular weight excluding hydrogens is 266 g/mol. The molecule has 0 aromatic heterocycles. The summed E-state index contributed by atoms with van der Waals surface area (Å²) in [6, 6.07) is 7.72. The Kier molecular flexibility index (Phi) is 6.03. The van der Waals surface area contributed by atoms with E-state index in [1.807, 2.05) is 24.3 Å². The highest BCUT2D eigenvalue weighted by Gasteiger charge is 2.12. The Labute approximate surface area is 118 Å². The number of nitrogens with one attached hydrogen (secondary N) is 1. The SMILES string of the molecule is CC(C)(C)SCC(=O)NCCc1cccc(Cl)c1. The van der Waals surface area contributed by atoms with E-state index in [0.29, 0.717) is 12.3 Å². The van der Waals surface area contributed by atoms with Gasteiger partial charge in [0.15, 0.2) is 0 Å². The molecule has 0 heterocycles. The van der Waals surface area contributed by atoms with E-state index in [1.165, 1.54) is 0 Å². The topological polar surface area (TPSA) is 29.1 Å². The number of hydrogen-bond acceptors (Lipinski definition) is 2. The first kappa shape index (κ1) is 15.4. The van der Waals surface area contributed by atoms with Crippen molar-refractivity contribution >= 4 is 29.3 Å². The van der Waals surface area contributed by atoms with Crippen molar-refractivity contribution in [2.24, 2.45) is 0 Å². The second kappa shape index (κ2) is 7.05. The van der Waals surface area contributed by atoms with Crippen LogP contribution in [0.15, 0.2) is 24.3 Å². The average Bonchev–Trinajstić information content (AvgIpc) is 2.25. The second-order valence-corrected chi connectivity index (χ2v) is 7.37. The molecule has 0 radical (unpaired) electrons. The summed E-state index contributed by atoms with van der Waals surface area (Å²) < 4.78 is 0.129. The van der Waals surface area contributed by atoms with Gasteiger partial charge < -0.3 is 5.32 Å². The maximum atomic E-state index is 11.6. The number of thioether (sulfide) groups is 1. The molecule has 100 valence electrons. The van der Waals surface area contributed by atoms with E-state index in [0.717, 1.165) is 17.0 Å². The maximum absolute atomic E-state index is 11.6. The van der Waals surface area contributed by atoms with Crippen LogP contribution in [0, 0.1) is 0 Å². The first-order chi connectivity index (χ1) is 8.37. The van der Waals surface area contributed by atoms with Gasteiger partial charge in [0.05, 0.1) is 5.75 Å². The van der Waals surface area contributed by atoms with Crippen LogP contribution in [-0.2, 0) is 11.2 Å². The molecule has 0 unspecified atom stereocenters. The summed E-state index contributed by atoms with van der Waals surface area (Å²) in [4.78, 5) is 11.6. The molecule has 1 aromatic rings. The van der Waals surface area contributed by atoms with Crippen molar-refractivity contribution in [1.82, 2.24) is 5.32 Å². The summed E-state index contributed by atoms with van der Waals surface area (Å²) >= 11 is 7.55. The molecule has 1 N–H and O–H groups in total. The third-order valence-electron chi connectivity index (χ3n) is 2.26. The highest BCUT2D eigenvalue weighted by Crippen LogP contribution is 2.22. The zero-order valence-corrected chi connectivity index (χ0v) is 12.7. The molecular formula is C14H20ClNOS. The van der Waals surface area contributed by atoms with Crippen molar-refractivity contribution < 1.29 is 4.79 Å². The molecule has 0 saturated heterocycles. The lowest BCUT2D eigenvalue weighted by molar-refractivity contribution is -0.118. The van der Waals surface area contributed by atoms with Gasteiger partial charge in [0, 0.05) is 16.3 Å². The van der Waals surface area contributed by atoms with Crippen molar-refractivity contribution in [1.29, 1.82) is 0 Å². The number of carbonyl (C=O) groups is 1. The molecule has 0 bridgehead atoms. The number of amides is 1. The highest BCUT2D eigenvalue weighted by atomic mass is 35.5. The van der Waals surface area contributed by atoms with Crippen LogP contribution in [0.5, 0.6) is 0 Å². The number of rotatable bonds is 5. The lowest BCUT2D eigenvalue weighted by Gasteiger charge is -2.16. The van der Waals surface area contributed by atoms with Gasteiger partial charge in [-0.15, -0.1) is 11.8 Å². The highest BCUT2D eigenvalue weighted by molar-refractivity contribution is 8.01. The number of halogens is 1. The summed E-state index contributed by atoms with van der Waals surface area (Å²) in [5.41, 5.74) is 1.14. The van der Waals surface area contributed by atoms with Crippen LogP contribution in [0.4, 0.5) is 0 Å². The largest absolute Gasteiger partial charge is 0.355 e. The second-order valence-electron chi connectivity index (χ2n) is 5.13. The standard InChI is InChI=1S/C14H20ClNOS/c1-14(2,3)18-10-13(17)16-8-7-11-5-4-6-12(15)9-11/h4-6,9H,7-8,10H2,1-3H3,(H,16,17). The number of hydrogen-bond donors (Lipinski definition) is 1. The Morgan fingerprint density at radius 2 is 2.11 bits per heavy atom. The zero-order valence-electron chi connectivity index (χ0n) is 11.1. The molecule has 0 fully saturated rings. The molecule has 4 heteroatoms. The smallest absolute Gasteiger partial charge is 0.230 e. The lowest BCUT2D eigenvalue weighted by Crippen LogP contribution is -2.28. The first-order valence-electron chi connectivity index (χ1n) is 6.02. The molecule has 1 rings (SSSR count).